The lowest BCUT2D eigenvalue weighted by atomic mass is 10.0. The second-order valence-electron chi connectivity index (χ2n) is 19.8. The molecule has 0 unspecified atom stereocenters. The summed E-state index contributed by atoms with van der Waals surface area (Å²) in [4.78, 5) is 38.0. The SMILES string of the molecule is CCCCCCCCCCCCCCCCCCC(=O)OC[C@@H](COC(=O)CCCCCCCCCC(C)C)OC(=O)CCCCCCCCCCCCCCCCC(C)C. The van der Waals surface area contributed by atoms with Crippen molar-refractivity contribution in [3.63, 3.8) is 0 Å². The van der Waals surface area contributed by atoms with E-state index >= 15 is 0 Å². The van der Waals surface area contributed by atoms with Gasteiger partial charge in [-0.25, -0.2) is 0 Å². The van der Waals surface area contributed by atoms with Crippen molar-refractivity contribution in [3.8, 4) is 0 Å². The fourth-order valence-electron chi connectivity index (χ4n) is 8.34. The molecule has 0 rings (SSSR count). The standard InChI is InChI=1S/C55H106O6/c1-6-7-8-9-10-11-12-13-14-15-19-22-25-30-35-40-45-53(56)59-48-52(49-60-54(57)46-41-36-32-27-29-34-39-44-51(4)5)61-55(58)47-42-37-31-26-23-20-17-16-18-21-24-28-33-38-43-50(2)3/h50-52H,6-49H2,1-5H3/t52-/m0/s1. The molecule has 0 heterocycles. The molecule has 0 spiro atoms. The highest BCUT2D eigenvalue weighted by molar-refractivity contribution is 5.71. The Hall–Kier alpha value is -1.59. The molecule has 0 aliphatic rings. The van der Waals surface area contributed by atoms with E-state index in [0.717, 1.165) is 69.6 Å². The summed E-state index contributed by atoms with van der Waals surface area (Å²) < 4.78 is 16.8. The quantitative estimate of drug-likeness (QED) is 0.0344. The largest absolute Gasteiger partial charge is 0.462 e. The number of esters is 3. The molecule has 6 nitrogen and oxygen atoms in total. The van der Waals surface area contributed by atoms with Crippen LogP contribution in [0.4, 0.5) is 0 Å². The molecule has 6 heteroatoms. The zero-order chi connectivity index (χ0) is 44.7. The maximum atomic E-state index is 12.8. The molecular weight excluding hydrogens is 757 g/mol. The third-order valence-electron chi connectivity index (χ3n) is 12.5. The van der Waals surface area contributed by atoms with E-state index in [1.165, 1.54) is 193 Å². The van der Waals surface area contributed by atoms with Crippen LogP contribution in [0.5, 0.6) is 0 Å². The molecular formula is C55H106O6. The molecule has 0 bridgehead atoms. The lowest BCUT2D eigenvalue weighted by Gasteiger charge is -2.18. The lowest BCUT2D eigenvalue weighted by Crippen LogP contribution is -2.30. The number of hydrogen-bond acceptors (Lipinski definition) is 6. The number of carbonyl (C=O) groups is 3. The van der Waals surface area contributed by atoms with Gasteiger partial charge in [0.25, 0.3) is 0 Å². The Morgan fingerprint density at radius 3 is 0.803 bits per heavy atom. The molecule has 61 heavy (non-hydrogen) atoms. The molecule has 0 amide bonds. The Morgan fingerprint density at radius 1 is 0.311 bits per heavy atom. The molecule has 0 N–H and O–H groups in total. The van der Waals surface area contributed by atoms with Crippen LogP contribution in [0.2, 0.25) is 0 Å². The Morgan fingerprint density at radius 2 is 0.541 bits per heavy atom. The minimum atomic E-state index is -0.762. The van der Waals surface area contributed by atoms with Crippen molar-refractivity contribution >= 4 is 17.9 Å². The summed E-state index contributed by atoms with van der Waals surface area (Å²) in [7, 11) is 0. The van der Waals surface area contributed by atoms with E-state index in [-0.39, 0.29) is 31.1 Å². The minimum Gasteiger partial charge on any atom is -0.462 e. The molecule has 0 aromatic carbocycles. The van der Waals surface area contributed by atoms with E-state index < -0.39 is 6.10 Å². The molecule has 0 aromatic rings. The van der Waals surface area contributed by atoms with Gasteiger partial charge in [0.05, 0.1) is 0 Å². The molecule has 1 atom stereocenters. The van der Waals surface area contributed by atoms with Crippen LogP contribution in [0, 0.1) is 11.8 Å². The Labute approximate surface area is 380 Å². The van der Waals surface area contributed by atoms with Crippen molar-refractivity contribution in [2.24, 2.45) is 11.8 Å². The number of ether oxygens (including phenoxy) is 3. The molecule has 0 fully saturated rings. The van der Waals surface area contributed by atoms with Crippen LogP contribution in [-0.4, -0.2) is 37.2 Å². The van der Waals surface area contributed by atoms with Crippen molar-refractivity contribution < 1.29 is 28.6 Å². The average molecular weight is 863 g/mol. The first-order valence-corrected chi connectivity index (χ1v) is 27.2. The summed E-state index contributed by atoms with van der Waals surface area (Å²) in [5.41, 5.74) is 0. The van der Waals surface area contributed by atoms with Crippen LogP contribution in [0.15, 0.2) is 0 Å². The van der Waals surface area contributed by atoms with Crippen LogP contribution >= 0.6 is 0 Å². The molecule has 0 radical (unpaired) electrons. The molecule has 0 saturated carbocycles. The van der Waals surface area contributed by atoms with Crippen LogP contribution in [-0.2, 0) is 28.6 Å². The fourth-order valence-corrected chi connectivity index (χ4v) is 8.34. The van der Waals surface area contributed by atoms with Gasteiger partial charge in [-0.2, -0.15) is 0 Å². The number of unbranched alkanes of at least 4 members (excludes halogenated alkanes) is 34. The van der Waals surface area contributed by atoms with Crippen molar-refractivity contribution in [2.45, 2.75) is 310 Å². The minimum absolute atomic E-state index is 0.0637. The van der Waals surface area contributed by atoms with Crippen LogP contribution < -0.4 is 0 Å². The van der Waals surface area contributed by atoms with Gasteiger partial charge in [-0.15, -0.1) is 0 Å². The number of carbonyl (C=O) groups excluding carboxylic acids is 3. The van der Waals surface area contributed by atoms with Crippen molar-refractivity contribution in [1.29, 1.82) is 0 Å². The van der Waals surface area contributed by atoms with Gasteiger partial charge in [0.1, 0.15) is 13.2 Å². The van der Waals surface area contributed by atoms with Gasteiger partial charge in [0.15, 0.2) is 6.10 Å². The maximum absolute atomic E-state index is 12.8. The monoisotopic (exact) mass is 863 g/mol. The lowest BCUT2D eigenvalue weighted by molar-refractivity contribution is -0.167. The summed E-state index contributed by atoms with van der Waals surface area (Å²) in [5.74, 6) is 0.778. The van der Waals surface area contributed by atoms with Gasteiger partial charge in [-0.1, -0.05) is 266 Å². The summed E-state index contributed by atoms with van der Waals surface area (Å²) in [6, 6.07) is 0. The fraction of sp³-hybridized carbons (Fsp3) is 0.945. The first-order valence-electron chi connectivity index (χ1n) is 27.2. The predicted molar refractivity (Wildman–Crippen MR) is 261 cm³/mol. The zero-order valence-corrected chi connectivity index (χ0v) is 41.8. The summed E-state index contributed by atoms with van der Waals surface area (Å²) in [6.07, 6.45) is 49.6. The Balaban J connectivity index is 4.27. The third-order valence-corrected chi connectivity index (χ3v) is 12.5. The van der Waals surface area contributed by atoms with Crippen LogP contribution in [0.1, 0.15) is 304 Å². The normalized spacial score (nSPS) is 12.0. The van der Waals surface area contributed by atoms with Gasteiger partial charge in [0.2, 0.25) is 0 Å². The molecule has 362 valence electrons. The van der Waals surface area contributed by atoms with Gasteiger partial charge >= 0.3 is 17.9 Å². The van der Waals surface area contributed by atoms with Gasteiger partial charge in [0, 0.05) is 19.3 Å². The Bertz CT molecular complexity index is 931. The van der Waals surface area contributed by atoms with Crippen molar-refractivity contribution in [1.82, 2.24) is 0 Å². The third kappa shape index (κ3) is 49.3. The number of hydrogen-bond donors (Lipinski definition) is 0. The molecule has 0 aromatic heterocycles. The first kappa shape index (κ1) is 59.4. The Kier molecular flexibility index (Phi) is 46.6. The average Bonchev–Trinajstić information content (AvgIpc) is 3.23. The highest BCUT2D eigenvalue weighted by Crippen LogP contribution is 2.18. The van der Waals surface area contributed by atoms with E-state index in [9.17, 15) is 14.4 Å². The van der Waals surface area contributed by atoms with E-state index in [4.69, 9.17) is 14.2 Å². The zero-order valence-electron chi connectivity index (χ0n) is 41.8. The van der Waals surface area contributed by atoms with E-state index in [1.807, 2.05) is 0 Å². The van der Waals surface area contributed by atoms with Gasteiger partial charge in [-0.3, -0.25) is 14.4 Å². The smallest absolute Gasteiger partial charge is 0.306 e. The van der Waals surface area contributed by atoms with Gasteiger partial charge < -0.3 is 14.2 Å². The number of rotatable bonds is 49. The first-order chi connectivity index (χ1) is 29.7. The van der Waals surface area contributed by atoms with E-state index in [0.29, 0.717) is 19.3 Å². The summed E-state index contributed by atoms with van der Waals surface area (Å²) in [5, 5.41) is 0. The topological polar surface area (TPSA) is 78.9 Å². The molecule has 0 aliphatic carbocycles. The second-order valence-corrected chi connectivity index (χ2v) is 19.8. The van der Waals surface area contributed by atoms with Crippen molar-refractivity contribution in [3.05, 3.63) is 0 Å². The van der Waals surface area contributed by atoms with Crippen LogP contribution in [0.25, 0.3) is 0 Å². The van der Waals surface area contributed by atoms with Crippen LogP contribution in [0.3, 0.4) is 0 Å². The van der Waals surface area contributed by atoms with Gasteiger partial charge in [-0.05, 0) is 31.1 Å². The molecule has 0 aliphatic heterocycles. The maximum Gasteiger partial charge on any atom is 0.306 e. The second kappa shape index (κ2) is 47.9. The predicted octanol–water partition coefficient (Wildman–Crippen LogP) is 17.7. The molecule has 0 saturated heterocycles. The highest BCUT2D eigenvalue weighted by Gasteiger charge is 2.19. The van der Waals surface area contributed by atoms with E-state index in [2.05, 4.69) is 34.6 Å². The summed E-state index contributed by atoms with van der Waals surface area (Å²) >= 11 is 0. The van der Waals surface area contributed by atoms with E-state index in [1.54, 1.807) is 0 Å². The van der Waals surface area contributed by atoms with Crippen molar-refractivity contribution in [2.75, 3.05) is 13.2 Å². The summed E-state index contributed by atoms with van der Waals surface area (Å²) in [6.45, 7) is 11.4. The highest BCUT2D eigenvalue weighted by atomic mass is 16.6.